The van der Waals surface area contributed by atoms with Crippen LogP contribution in [0.15, 0.2) is 30.3 Å². The lowest BCUT2D eigenvalue weighted by molar-refractivity contribution is -0.0762. The lowest BCUT2D eigenvalue weighted by Crippen LogP contribution is -2.67. The van der Waals surface area contributed by atoms with Crippen LogP contribution in [0.2, 0.25) is 0 Å². The van der Waals surface area contributed by atoms with Crippen molar-refractivity contribution in [2.75, 3.05) is 0 Å². The van der Waals surface area contributed by atoms with Gasteiger partial charge < -0.3 is 5.32 Å². The zero-order valence-corrected chi connectivity index (χ0v) is 17.1. The quantitative estimate of drug-likeness (QED) is 0.763. The molecule has 0 atom stereocenters. The second kappa shape index (κ2) is 7.06. The second-order valence-electron chi connectivity index (χ2n) is 9.32. The second-order valence-corrected chi connectivity index (χ2v) is 9.32. The molecular formula is C20H33N3O2. The number of rotatable bonds is 1. The molecule has 0 bridgehead atoms. The number of hydrogen-bond acceptors (Lipinski definition) is 2. The highest BCUT2D eigenvalue weighted by molar-refractivity contribution is 5.96. The molecule has 0 saturated carbocycles. The Bertz CT molecular complexity index is 605. The topological polar surface area (TPSA) is 52.7 Å². The summed E-state index contributed by atoms with van der Waals surface area (Å²) in [5.74, 6) is -0.202. The molecule has 0 spiro atoms. The molecule has 5 heteroatoms. The Balaban J connectivity index is 3.42. The zero-order valence-electron chi connectivity index (χ0n) is 17.1. The minimum Gasteiger partial charge on any atom is -0.332 e. The van der Waals surface area contributed by atoms with Gasteiger partial charge >= 0.3 is 6.03 Å². The van der Waals surface area contributed by atoms with E-state index in [0.717, 1.165) is 0 Å². The predicted octanol–water partition coefficient (Wildman–Crippen LogP) is 4.45. The van der Waals surface area contributed by atoms with Crippen LogP contribution in [0, 0.1) is 0 Å². The standard InChI is InChI=1S/C20H33N3O2/c1-18(2,3)21-17(25)23(20(7,8)9)22(19(4,5)6)16(24)15-13-11-10-12-14-15/h10-14H,1-9H3,(H,21,25). The number of carbonyl (C=O) groups excluding carboxylic acids is 2. The van der Waals surface area contributed by atoms with Crippen LogP contribution < -0.4 is 5.32 Å². The number of carbonyl (C=O) groups is 2. The SMILES string of the molecule is CC(C)(C)NC(=O)N(N(C(=O)c1ccccc1)C(C)(C)C)C(C)(C)C. The van der Waals surface area contributed by atoms with Crippen molar-refractivity contribution in [1.82, 2.24) is 15.3 Å². The molecule has 25 heavy (non-hydrogen) atoms. The van der Waals surface area contributed by atoms with Gasteiger partial charge in [0.1, 0.15) is 0 Å². The van der Waals surface area contributed by atoms with E-state index >= 15 is 0 Å². The Kier molecular flexibility index (Phi) is 5.93. The number of amides is 3. The van der Waals surface area contributed by atoms with E-state index in [0.29, 0.717) is 5.56 Å². The average molecular weight is 348 g/mol. The van der Waals surface area contributed by atoms with Gasteiger partial charge in [0.25, 0.3) is 5.91 Å². The summed E-state index contributed by atoms with van der Waals surface area (Å²) >= 11 is 0. The molecule has 1 rings (SSSR count). The third kappa shape index (κ3) is 5.76. The molecule has 0 heterocycles. The van der Waals surface area contributed by atoms with Crippen LogP contribution in [0.25, 0.3) is 0 Å². The fraction of sp³-hybridized carbons (Fsp3) is 0.600. The van der Waals surface area contributed by atoms with E-state index in [1.165, 1.54) is 5.01 Å². The zero-order chi connectivity index (χ0) is 19.6. The maximum Gasteiger partial charge on any atom is 0.337 e. The monoisotopic (exact) mass is 347 g/mol. The number of nitrogens with zero attached hydrogens (tertiary/aromatic N) is 2. The molecule has 0 unspecified atom stereocenters. The Hall–Kier alpha value is -2.04. The minimum absolute atomic E-state index is 0.202. The molecule has 140 valence electrons. The summed E-state index contributed by atoms with van der Waals surface area (Å²) in [6.45, 7) is 17.3. The molecule has 0 aliphatic rings. The van der Waals surface area contributed by atoms with Crippen LogP contribution in [0.4, 0.5) is 4.79 Å². The van der Waals surface area contributed by atoms with Crippen LogP contribution >= 0.6 is 0 Å². The fourth-order valence-electron chi connectivity index (χ4n) is 2.47. The summed E-state index contributed by atoms with van der Waals surface area (Å²) in [7, 11) is 0. The third-order valence-electron chi connectivity index (χ3n) is 3.36. The first-order chi connectivity index (χ1) is 11.1. The van der Waals surface area contributed by atoms with Crippen LogP contribution in [0.1, 0.15) is 72.7 Å². The number of hydrazine groups is 1. The lowest BCUT2D eigenvalue weighted by Gasteiger charge is -2.49. The molecular weight excluding hydrogens is 314 g/mol. The van der Waals surface area contributed by atoms with Gasteiger partial charge in [-0.2, -0.15) is 0 Å². The summed E-state index contributed by atoms with van der Waals surface area (Å²) in [6.07, 6.45) is 0. The molecule has 0 radical (unpaired) electrons. The smallest absolute Gasteiger partial charge is 0.332 e. The average Bonchev–Trinajstić information content (AvgIpc) is 2.40. The third-order valence-corrected chi connectivity index (χ3v) is 3.36. The highest BCUT2D eigenvalue weighted by Gasteiger charge is 2.42. The van der Waals surface area contributed by atoms with Crippen LogP contribution in [-0.2, 0) is 0 Å². The van der Waals surface area contributed by atoms with Gasteiger partial charge in [0, 0.05) is 11.1 Å². The Morgan fingerprint density at radius 2 is 1.20 bits per heavy atom. The first kappa shape index (κ1) is 21.0. The van der Waals surface area contributed by atoms with Crippen molar-refractivity contribution in [3.8, 4) is 0 Å². The van der Waals surface area contributed by atoms with Crippen molar-refractivity contribution in [1.29, 1.82) is 0 Å². The maximum atomic E-state index is 13.3. The van der Waals surface area contributed by atoms with E-state index in [2.05, 4.69) is 5.32 Å². The fourth-order valence-corrected chi connectivity index (χ4v) is 2.47. The molecule has 0 aliphatic heterocycles. The van der Waals surface area contributed by atoms with Crippen molar-refractivity contribution in [2.24, 2.45) is 0 Å². The molecule has 1 N–H and O–H groups in total. The van der Waals surface area contributed by atoms with Gasteiger partial charge in [0.05, 0.1) is 11.1 Å². The molecule has 0 fully saturated rings. The van der Waals surface area contributed by atoms with Crippen LogP contribution in [0.5, 0.6) is 0 Å². The van der Waals surface area contributed by atoms with Gasteiger partial charge in [-0.05, 0) is 74.4 Å². The Morgan fingerprint density at radius 1 is 0.760 bits per heavy atom. The minimum atomic E-state index is -0.576. The molecule has 1 aromatic rings. The first-order valence-corrected chi connectivity index (χ1v) is 8.66. The van der Waals surface area contributed by atoms with Gasteiger partial charge in [-0.1, -0.05) is 18.2 Å². The van der Waals surface area contributed by atoms with Crippen molar-refractivity contribution >= 4 is 11.9 Å². The summed E-state index contributed by atoms with van der Waals surface area (Å²) in [4.78, 5) is 26.3. The van der Waals surface area contributed by atoms with E-state index in [9.17, 15) is 9.59 Å². The maximum absolute atomic E-state index is 13.3. The van der Waals surface area contributed by atoms with Crippen molar-refractivity contribution < 1.29 is 9.59 Å². The molecule has 0 aromatic heterocycles. The summed E-state index contributed by atoms with van der Waals surface area (Å²) in [5.41, 5.74) is -1.00. The number of hydrogen-bond donors (Lipinski definition) is 1. The van der Waals surface area contributed by atoms with Gasteiger partial charge in [0.15, 0.2) is 0 Å². The highest BCUT2D eigenvalue weighted by Crippen LogP contribution is 2.27. The summed E-state index contributed by atoms with van der Waals surface area (Å²) in [6, 6.07) is 8.76. The van der Waals surface area contributed by atoms with E-state index < -0.39 is 16.6 Å². The largest absolute Gasteiger partial charge is 0.337 e. The Morgan fingerprint density at radius 3 is 1.56 bits per heavy atom. The van der Waals surface area contributed by atoms with Crippen LogP contribution in [-0.4, -0.2) is 38.6 Å². The normalized spacial score (nSPS) is 12.5. The van der Waals surface area contributed by atoms with Gasteiger partial charge in [-0.25, -0.2) is 14.8 Å². The molecule has 0 aliphatic carbocycles. The van der Waals surface area contributed by atoms with Gasteiger partial charge in [0.2, 0.25) is 0 Å². The van der Waals surface area contributed by atoms with Crippen molar-refractivity contribution in [3.63, 3.8) is 0 Å². The number of urea groups is 1. The Labute approximate surface area is 152 Å². The summed E-state index contributed by atoms with van der Waals surface area (Å²) < 4.78 is 0. The van der Waals surface area contributed by atoms with E-state index in [-0.39, 0.29) is 11.9 Å². The molecule has 3 amide bonds. The van der Waals surface area contributed by atoms with E-state index in [1.807, 2.05) is 80.5 Å². The first-order valence-electron chi connectivity index (χ1n) is 8.66. The van der Waals surface area contributed by atoms with Gasteiger partial charge in [-0.3, -0.25) is 4.79 Å². The lowest BCUT2D eigenvalue weighted by atomic mass is 10.0. The number of benzene rings is 1. The van der Waals surface area contributed by atoms with Crippen molar-refractivity contribution in [3.05, 3.63) is 35.9 Å². The van der Waals surface area contributed by atoms with E-state index in [1.54, 1.807) is 17.1 Å². The molecule has 0 saturated heterocycles. The number of nitrogens with one attached hydrogen (secondary N) is 1. The van der Waals surface area contributed by atoms with Crippen molar-refractivity contribution in [2.45, 2.75) is 78.9 Å². The van der Waals surface area contributed by atoms with Crippen LogP contribution in [0.3, 0.4) is 0 Å². The summed E-state index contributed by atoms with van der Waals surface area (Å²) in [5, 5.41) is 6.07. The van der Waals surface area contributed by atoms with Gasteiger partial charge in [-0.15, -0.1) is 0 Å². The highest BCUT2D eigenvalue weighted by atomic mass is 16.2. The molecule has 1 aromatic carbocycles. The predicted molar refractivity (Wildman–Crippen MR) is 102 cm³/mol. The van der Waals surface area contributed by atoms with E-state index in [4.69, 9.17) is 0 Å². The molecule has 5 nitrogen and oxygen atoms in total.